The van der Waals surface area contributed by atoms with Gasteiger partial charge in [-0.2, -0.15) is 5.26 Å². The van der Waals surface area contributed by atoms with Crippen LogP contribution in [0.5, 0.6) is 0 Å². The van der Waals surface area contributed by atoms with Crippen LogP contribution < -0.4 is 0 Å². The first-order valence-electron chi connectivity index (χ1n) is 11.8. The Labute approximate surface area is 241 Å². The number of nitrogens with zero attached hydrogens (tertiary/aromatic N) is 6. The summed E-state index contributed by atoms with van der Waals surface area (Å²) in [6, 6.07) is 13.0. The van der Waals surface area contributed by atoms with E-state index >= 15 is 0 Å². The number of hydrogen-bond donors (Lipinski definition) is 0. The Hall–Kier alpha value is -2.60. The van der Waals surface area contributed by atoms with E-state index in [9.17, 15) is 5.26 Å². The second kappa shape index (κ2) is 11.5. The van der Waals surface area contributed by atoms with Crippen molar-refractivity contribution in [2.45, 2.75) is 41.0 Å². The van der Waals surface area contributed by atoms with Crippen LogP contribution in [0.2, 0.25) is 10.2 Å². The van der Waals surface area contributed by atoms with Gasteiger partial charge in [0.1, 0.15) is 51.7 Å². The molecule has 0 radical (unpaired) electrons. The average molecular weight is 604 g/mol. The van der Waals surface area contributed by atoms with Gasteiger partial charge in [0.05, 0.1) is 17.8 Å². The molecule has 2 saturated heterocycles. The minimum absolute atomic E-state index is 0.241. The summed E-state index contributed by atoms with van der Waals surface area (Å²) < 4.78 is 26.8. The van der Waals surface area contributed by atoms with Gasteiger partial charge in [-0.3, -0.25) is 0 Å². The van der Waals surface area contributed by atoms with Gasteiger partial charge in [0.2, 0.25) is 0 Å². The van der Waals surface area contributed by atoms with Crippen LogP contribution in [0.25, 0.3) is 10.7 Å². The number of ether oxygens (including phenoxy) is 4. The minimum atomic E-state index is -0.594. The number of aromatic nitrogens is 5. The first-order chi connectivity index (χ1) is 19.0. The molecule has 2 aliphatic rings. The number of rotatable bonds is 6. The highest BCUT2D eigenvalue weighted by Gasteiger charge is 2.52. The number of hydrogen-bond acceptors (Lipinski definition) is 11. The Morgan fingerprint density at radius 1 is 1.23 bits per heavy atom. The molecule has 4 aromatic rings. The predicted molar refractivity (Wildman–Crippen MR) is 144 cm³/mol. The number of nitriles is 1. The Kier molecular flexibility index (Phi) is 7.84. The maximum Gasteiger partial charge on any atom is 0.184 e. The van der Waals surface area contributed by atoms with E-state index in [4.69, 9.17) is 42.1 Å². The number of thiazole rings is 1. The summed E-state index contributed by atoms with van der Waals surface area (Å²) in [6.07, 6.45) is 1.13. The summed E-state index contributed by atoms with van der Waals surface area (Å²) in [4.78, 5) is 9.04. The summed E-state index contributed by atoms with van der Waals surface area (Å²) in [7, 11) is 1.60. The molecular formula is C25H20Cl2N6O4S2. The molecule has 0 N–H and O–H groups in total. The van der Waals surface area contributed by atoms with E-state index in [2.05, 4.69) is 26.3 Å². The lowest BCUT2D eigenvalue weighted by Gasteiger charge is -2.48. The van der Waals surface area contributed by atoms with Crippen LogP contribution in [0, 0.1) is 11.3 Å². The van der Waals surface area contributed by atoms with E-state index < -0.39 is 36.1 Å². The molecule has 6 atom stereocenters. The van der Waals surface area contributed by atoms with Crippen LogP contribution >= 0.6 is 46.3 Å². The van der Waals surface area contributed by atoms with Gasteiger partial charge in [0.25, 0.3) is 0 Å². The Morgan fingerprint density at radius 2 is 2.08 bits per heavy atom. The molecule has 3 aromatic heterocycles. The molecule has 4 unspecified atom stereocenters. The molecule has 200 valence electrons. The topological polar surface area (TPSA) is 117 Å². The first kappa shape index (κ1) is 26.6. The lowest BCUT2D eigenvalue weighted by atomic mass is 9.96. The van der Waals surface area contributed by atoms with Gasteiger partial charge in [-0.25, -0.2) is 14.6 Å². The lowest BCUT2D eigenvalue weighted by molar-refractivity contribution is -0.308. The van der Waals surface area contributed by atoms with Gasteiger partial charge in [0, 0.05) is 29.1 Å². The van der Waals surface area contributed by atoms with Gasteiger partial charge in [-0.05, 0) is 6.07 Å². The largest absolute Gasteiger partial charge is 0.375 e. The van der Waals surface area contributed by atoms with Gasteiger partial charge < -0.3 is 18.9 Å². The average Bonchev–Trinajstić information content (AvgIpc) is 3.62. The minimum Gasteiger partial charge on any atom is -0.375 e. The third-order valence-electron chi connectivity index (χ3n) is 6.33. The normalized spacial score (nSPS) is 26.6. The van der Waals surface area contributed by atoms with Crippen molar-refractivity contribution in [3.8, 4) is 16.8 Å². The first-order valence-corrected chi connectivity index (χ1v) is 14.3. The summed E-state index contributed by atoms with van der Waals surface area (Å²) in [5.41, 5.74) is 1.13. The molecule has 39 heavy (non-hydrogen) atoms. The second-order valence-electron chi connectivity index (χ2n) is 8.70. The summed E-state index contributed by atoms with van der Waals surface area (Å²) in [5, 5.41) is 21.6. The van der Waals surface area contributed by atoms with Gasteiger partial charge in [-0.15, -0.1) is 16.4 Å². The molecular weight excluding hydrogens is 583 g/mol. The van der Waals surface area contributed by atoms with Crippen molar-refractivity contribution in [2.75, 3.05) is 13.7 Å². The van der Waals surface area contributed by atoms with E-state index in [0.717, 1.165) is 5.56 Å². The second-order valence-corrected chi connectivity index (χ2v) is 11.5. The standard InChI is InChI=1S/C25H20Cl2N6O4S2/c1-34-22-20(33-10-16(31-32-33)23-30-19(27)12-38-23)21-17(11-35-24(37-21)13-5-3-2-4-6-13)36-25(22)39-18-7-14(26)9-29-15(18)8-28/h2-7,9-10,12,17,20-22,24-25H,11H2,1H3/t17?,20?,21-,22?,24?,25+/m0/s1. The lowest BCUT2D eigenvalue weighted by Crippen LogP contribution is -2.59. The van der Waals surface area contributed by atoms with Crippen LogP contribution in [-0.2, 0) is 18.9 Å². The number of pyridine rings is 1. The molecule has 5 heterocycles. The van der Waals surface area contributed by atoms with E-state index in [1.165, 1.54) is 29.3 Å². The quantitative estimate of drug-likeness (QED) is 0.293. The summed E-state index contributed by atoms with van der Waals surface area (Å²) in [6.45, 7) is 0.275. The fourth-order valence-electron chi connectivity index (χ4n) is 4.60. The predicted octanol–water partition coefficient (Wildman–Crippen LogP) is 5.16. The summed E-state index contributed by atoms with van der Waals surface area (Å²) in [5.74, 6) is 0. The van der Waals surface area contributed by atoms with Crippen LogP contribution in [0.3, 0.4) is 0 Å². The molecule has 2 fully saturated rings. The number of methoxy groups -OCH3 is 1. The Bertz CT molecular complexity index is 1500. The monoisotopic (exact) mass is 602 g/mol. The van der Waals surface area contributed by atoms with E-state index in [1.807, 2.05) is 30.3 Å². The van der Waals surface area contributed by atoms with Gasteiger partial charge in [-0.1, -0.05) is 70.5 Å². The number of halogens is 2. The fraction of sp³-hybridized carbons (Fsp3) is 0.320. The molecule has 0 spiro atoms. The molecule has 14 heteroatoms. The smallest absolute Gasteiger partial charge is 0.184 e. The number of benzene rings is 1. The highest BCUT2D eigenvalue weighted by Crippen LogP contribution is 2.45. The zero-order valence-electron chi connectivity index (χ0n) is 20.3. The van der Waals surface area contributed by atoms with Crippen molar-refractivity contribution in [3.63, 3.8) is 0 Å². The highest BCUT2D eigenvalue weighted by molar-refractivity contribution is 7.99. The van der Waals surface area contributed by atoms with E-state index in [1.54, 1.807) is 29.4 Å². The Balaban J connectivity index is 1.37. The molecule has 6 rings (SSSR count). The van der Waals surface area contributed by atoms with Crippen molar-refractivity contribution >= 4 is 46.3 Å². The van der Waals surface area contributed by atoms with E-state index in [0.29, 0.717) is 25.8 Å². The van der Waals surface area contributed by atoms with Crippen molar-refractivity contribution < 1.29 is 18.9 Å². The molecule has 10 nitrogen and oxygen atoms in total. The van der Waals surface area contributed by atoms with Crippen molar-refractivity contribution in [1.82, 2.24) is 25.0 Å². The van der Waals surface area contributed by atoms with Crippen LogP contribution in [0.4, 0.5) is 0 Å². The molecule has 2 aliphatic heterocycles. The third kappa shape index (κ3) is 5.41. The fourth-order valence-corrected chi connectivity index (χ4v) is 6.98. The molecule has 0 bridgehead atoms. The van der Waals surface area contributed by atoms with Crippen molar-refractivity contribution in [2.24, 2.45) is 0 Å². The number of fused-ring (bicyclic) bond motifs is 1. The van der Waals surface area contributed by atoms with Crippen molar-refractivity contribution in [1.29, 1.82) is 5.26 Å². The zero-order valence-corrected chi connectivity index (χ0v) is 23.4. The number of thioether (sulfide) groups is 1. The molecule has 0 saturated carbocycles. The van der Waals surface area contributed by atoms with E-state index in [-0.39, 0.29) is 12.3 Å². The third-order valence-corrected chi connectivity index (χ3v) is 8.90. The van der Waals surface area contributed by atoms with Crippen LogP contribution in [0.1, 0.15) is 23.6 Å². The van der Waals surface area contributed by atoms with Crippen molar-refractivity contribution in [3.05, 3.63) is 75.6 Å². The van der Waals surface area contributed by atoms with Gasteiger partial charge in [0.15, 0.2) is 12.0 Å². The zero-order chi connectivity index (χ0) is 26.9. The maximum atomic E-state index is 9.61. The Morgan fingerprint density at radius 3 is 2.82 bits per heavy atom. The molecule has 1 aromatic carbocycles. The highest BCUT2D eigenvalue weighted by atomic mass is 35.5. The van der Waals surface area contributed by atoms with Crippen LogP contribution in [0.15, 0.2) is 59.1 Å². The molecule has 0 amide bonds. The summed E-state index contributed by atoms with van der Waals surface area (Å²) >= 11 is 14.9. The van der Waals surface area contributed by atoms with Gasteiger partial charge >= 0.3 is 0 Å². The van der Waals surface area contributed by atoms with Crippen LogP contribution in [-0.4, -0.2) is 62.4 Å². The maximum absolute atomic E-state index is 9.61. The SMILES string of the molecule is COC1C(n2cc(-c3nc(Cl)cs3)nn2)[C@H]2OC(c3ccccc3)OCC2O[C@@H]1Sc1cc(Cl)cnc1C#N. The molecule has 0 aliphatic carbocycles.